The Bertz CT molecular complexity index is 315. The molecule has 0 saturated carbocycles. The van der Waals surface area contributed by atoms with Crippen LogP contribution in [0, 0.1) is 5.92 Å². The van der Waals surface area contributed by atoms with Crippen LogP contribution >= 0.6 is 23.4 Å². The zero-order chi connectivity index (χ0) is 12.5. The average Bonchev–Trinajstić information content (AvgIpc) is 2.30. The highest BCUT2D eigenvalue weighted by atomic mass is 35.5. The lowest BCUT2D eigenvalue weighted by molar-refractivity contribution is 0.552. The SMILES string of the molecule is CC(C)CNCCCSCc1ccccc1Cl. The van der Waals surface area contributed by atoms with Gasteiger partial charge in [-0.3, -0.25) is 0 Å². The molecule has 0 saturated heterocycles. The van der Waals surface area contributed by atoms with Gasteiger partial charge in [0.1, 0.15) is 0 Å². The van der Waals surface area contributed by atoms with E-state index in [0.717, 1.165) is 29.8 Å². The highest BCUT2D eigenvalue weighted by Crippen LogP contribution is 2.20. The van der Waals surface area contributed by atoms with Gasteiger partial charge in [0.15, 0.2) is 0 Å². The first-order valence-corrected chi connectivity index (χ1v) is 7.75. The number of benzene rings is 1. The molecule has 0 aliphatic heterocycles. The highest BCUT2D eigenvalue weighted by molar-refractivity contribution is 7.98. The molecule has 1 aromatic carbocycles. The Morgan fingerprint density at radius 2 is 2.06 bits per heavy atom. The third-order valence-electron chi connectivity index (χ3n) is 2.41. The van der Waals surface area contributed by atoms with E-state index < -0.39 is 0 Å². The smallest absolute Gasteiger partial charge is 0.0446 e. The highest BCUT2D eigenvalue weighted by Gasteiger charge is 1.98. The van der Waals surface area contributed by atoms with Crippen LogP contribution < -0.4 is 5.32 Å². The fraction of sp³-hybridized carbons (Fsp3) is 0.571. The van der Waals surface area contributed by atoms with Crippen LogP contribution in [0.3, 0.4) is 0 Å². The van der Waals surface area contributed by atoms with Gasteiger partial charge in [0, 0.05) is 10.8 Å². The summed E-state index contributed by atoms with van der Waals surface area (Å²) < 4.78 is 0. The van der Waals surface area contributed by atoms with Gasteiger partial charge < -0.3 is 5.32 Å². The predicted octanol–water partition coefficient (Wildman–Crippen LogP) is 4.21. The third-order valence-corrected chi connectivity index (χ3v) is 3.87. The molecule has 0 spiro atoms. The maximum atomic E-state index is 6.10. The van der Waals surface area contributed by atoms with Crippen molar-refractivity contribution in [3.63, 3.8) is 0 Å². The Hall–Kier alpha value is -0.180. The predicted molar refractivity (Wildman–Crippen MR) is 79.9 cm³/mol. The Morgan fingerprint density at radius 3 is 2.76 bits per heavy atom. The van der Waals surface area contributed by atoms with E-state index in [9.17, 15) is 0 Å². The minimum atomic E-state index is 0.741. The lowest BCUT2D eigenvalue weighted by atomic mass is 10.2. The fourth-order valence-electron chi connectivity index (χ4n) is 1.49. The summed E-state index contributed by atoms with van der Waals surface area (Å²) in [7, 11) is 0. The second kappa shape index (κ2) is 8.84. The maximum absolute atomic E-state index is 6.10. The topological polar surface area (TPSA) is 12.0 Å². The second-order valence-electron chi connectivity index (χ2n) is 4.60. The summed E-state index contributed by atoms with van der Waals surface area (Å²) in [6.45, 7) is 6.71. The molecule has 0 aliphatic rings. The van der Waals surface area contributed by atoms with E-state index in [1.165, 1.54) is 17.7 Å². The molecule has 0 radical (unpaired) electrons. The van der Waals surface area contributed by atoms with Crippen molar-refractivity contribution < 1.29 is 0 Å². The van der Waals surface area contributed by atoms with Crippen LogP contribution in [0.15, 0.2) is 24.3 Å². The minimum Gasteiger partial charge on any atom is -0.316 e. The van der Waals surface area contributed by atoms with E-state index in [4.69, 9.17) is 11.6 Å². The standard InChI is InChI=1S/C14H22ClNS/c1-12(2)10-16-8-5-9-17-11-13-6-3-4-7-14(13)15/h3-4,6-7,12,16H,5,8-11H2,1-2H3. The van der Waals surface area contributed by atoms with Gasteiger partial charge >= 0.3 is 0 Å². The molecule has 17 heavy (non-hydrogen) atoms. The summed E-state index contributed by atoms with van der Waals surface area (Å²) in [5.74, 6) is 2.95. The Kier molecular flexibility index (Phi) is 7.74. The number of hydrogen-bond donors (Lipinski definition) is 1. The molecule has 1 nitrogen and oxygen atoms in total. The van der Waals surface area contributed by atoms with Crippen molar-refractivity contribution in [3.8, 4) is 0 Å². The molecule has 0 bridgehead atoms. The number of hydrogen-bond acceptors (Lipinski definition) is 2. The van der Waals surface area contributed by atoms with E-state index >= 15 is 0 Å². The van der Waals surface area contributed by atoms with E-state index in [1.54, 1.807) is 0 Å². The average molecular weight is 272 g/mol. The van der Waals surface area contributed by atoms with Gasteiger partial charge in [0.2, 0.25) is 0 Å². The van der Waals surface area contributed by atoms with Gasteiger partial charge in [0.05, 0.1) is 0 Å². The first-order valence-electron chi connectivity index (χ1n) is 6.22. The normalized spacial score (nSPS) is 11.1. The minimum absolute atomic E-state index is 0.741. The van der Waals surface area contributed by atoms with Crippen LogP contribution in [-0.2, 0) is 5.75 Å². The molecule has 3 heteroatoms. The number of nitrogens with one attached hydrogen (secondary N) is 1. The molecule has 1 rings (SSSR count). The summed E-state index contributed by atoms with van der Waals surface area (Å²) in [5, 5.41) is 4.34. The van der Waals surface area contributed by atoms with Crippen LogP contribution in [-0.4, -0.2) is 18.8 Å². The second-order valence-corrected chi connectivity index (χ2v) is 6.11. The van der Waals surface area contributed by atoms with E-state index in [-0.39, 0.29) is 0 Å². The lowest BCUT2D eigenvalue weighted by Crippen LogP contribution is -2.21. The molecular weight excluding hydrogens is 250 g/mol. The maximum Gasteiger partial charge on any atom is 0.0446 e. The Balaban J connectivity index is 2.03. The lowest BCUT2D eigenvalue weighted by Gasteiger charge is -2.07. The van der Waals surface area contributed by atoms with E-state index in [2.05, 4.69) is 25.2 Å². The fourth-order valence-corrected chi connectivity index (χ4v) is 2.73. The van der Waals surface area contributed by atoms with Gasteiger partial charge in [-0.2, -0.15) is 11.8 Å². The van der Waals surface area contributed by atoms with Crippen molar-refractivity contribution in [1.29, 1.82) is 0 Å². The first-order chi connectivity index (χ1) is 8.20. The van der Waals surface area contributed by atoms with E-state index in [0.29, 0.717) is 0 Å². The van der Waals surface area contributed by atoms with Crippen LogP contribution in [0.4, 0.5) is 0 Å². The molecule has 96 valence electrons. The van der Waals surface area contributed by atoms with Gasteiger partial charge in [-0.15, -0.1) is 0 Å². The van der Waals surface area contributed by atoms with E-state index in [1.807, 2.05) is 30.0 Å². The molecule has 1 aromatic rings. The Morgan fingerprint density at radius 1 is 1.29 bits per heavy atom. The van der Waals surface area contributed by atoms with Crippen molar-refractivity contribution in [2.45, 2.75) is 26.0 Å². The van der Waals surface area contributed by atoms with Crippen LogP contribution in [0.2, 0.25) is 5.02 Å². The van der Waals surface area contributed by atoms with Crippen molar-refractivity contribution >= 4 is 23.4 Å². The Labute approximate surface area is 114 Å². The molecule has 0 fully saturated rings. The van der Waals surface area contributed by atoms with Crippen molar-refractivity contribution in [3.05, 3.63) is 34.9 Å². The largest absolute Gasteiger partial charge is 0.316 e. The molecular formula is C14H22ClNS. The van der Waals surface area contributed by atoms with Crippen LogP contribution in [0.25, 0.3) is 0 Å². The number of halogens is 1. The van der Waals surface area contributed by atoms with Crippen molar-refractivity contribution in [2.24, 2.45) is 5.92 Å². The number of rotatable bonds is 8. The van der Waals surface area contributed by atoms with Gasteiger partial charge in [-0.25, -0.2) is 0 Å². The summed E-state index contributed by atoms with van der Waals surface area (Å²) in [5.41, 5.74) is 1.24. The molecule has 0 amide bonds. The molecule has 0 aromatic heterocycles. The molecule has 0 aliphatic carbocycles. The zero-order valence-corrected chi connectivity index (χ0v) is 12.3. The molecule has 1 N–H and O–H groups in total. The molecule has 0 unspecified atom stereocenters. The van der Waals surface area contributed by atoms with Crippen LogP contribution in [0.1, 0.15) is 25.8 Å². The van der Waals surface area contributed by atoms with Crippen molar-refractivity contribution in [2.75, 3.05) is 18.8 Å². The number of thioether (sulfide) groups is 1. The van der Waals surface area contributed by atoms with Gasteiger partial charge in [-0.1, -0.05) is 43.6 Å². The third kappa shape index (κ3) is 6.97. The summed E-state index contributed by atoms with van der Waals surface area (Å²) in [6.07, 6.45) is 1.22. The first kappa shape index (κ1) is 14.9. The summed E-state index contributed by atoms with van der Waals surface area (Å²) in [6, 6.07) is 8.09. The van der Waals surface area contributed by atoms with Crippen LogP contribution in [0.5, 0.6) is 0 Å². The molecule has 0 heterocycles. The summed E-state index contributed by atoms with van der Waals surface area (Å²) in [4.78, 5) is 0. The monoisotopic (exact) mass is 271 g/mol. The zero-order valence-electron chi connectivity index (χ0n) is 10.7. The summed E-state index contributed by atoms with van der Waals surface area (Å²) >= 11 is 8.05. The van der Waals surface area contributed by atoms with Crippen molar-refractivity contribution in [1.82, 2.24) is 5.32 Å². The van der Waals surface area contributed by atoms with Gasteiger partial charge in [0.25, 0.3) is 0 Å². The van der Waals surface area contributed by atoms with Gasteiger partial charge in [-0.05, 0) is 42.8 Å². The quantitative estimate of drug-likeness (QED) is 0.711. The molecule has 0 atom stereocenters.